The van der Waals surface area contributed by atoms with Crippen LogP contribution in [0.4, 0.5) is 0 Å². The van der Waals surface area contributed by atoms with Crippen LogP contribution in [0.25, 0.3) is 0 Å². The quantitative estimate of drug-likeness (QED) is 0.577. The van der Waals surface area contributed by atoms with Gasteiger partial charge in [0, 0.05) is 16.9 Å². The van der Waals surface area contributed by atoms with Gasteiger partial charge in [-0.2, -0.15) is 0 Å². The molecule has 0 aromatic rings. The van der Waals surface area contributed by atoms with Crippen LogP contribution in [0, 0.1) is 22.7 Å². The summed E-state index contributed by atoms with van der Waals surface area (Å²) in [5.41, 5.74) is -0.519. The number of carbonyl (C=O) groups excluding carboxylic acids is 2. The van der Waals surface area contributed by atoms with E-state index >= 15 is 0 Å². The molecule has 0 aromatic heterocycles. The zero-order valence-electron chi connectivity index (χ0n) is 14.8. The molecule has 2 aliphatic heterocycles. The molecule has 3 aliphatic carbocycles. The number of ketones is 1. The average molecular weight is 330 g/mol. The van der Waals surface area contributed by atoms with Gasteiger partial charge in [-0.25, -0.2) is 0 Å². The molecule has 0 aromatic carbocycles. The van der Waals surface area contributed by atoms with E-state index in [4.69, 9.17) is 9.47 Å². The molecule has 4 fully saturated rings. The molecule has 24 heavy (non-hydrogen) atoms. The van der Waals surface area contributed by atoms with Crippen LogP contribution in [0.1, 0.15) is 52.9 Å². The van der Waals surface area contributed by atoms with Gasteiger partial charge in [0.15, 0.2) is 11.4 Å². The van der Waals surface area contributed by atoms with Crippen LogP contribution < -0.4 is 0 Å². The van der Waals surface area contributed by atoms with Crippen molar-refractivity contribution in [1.82, 2.24) is 0 Å². The minimum Gasteiger partial charge on any atom is -0.372 e. The van der Waals surface area contributed by atoms with Crippen LogP contribution in [0.3, 0.4) is 0 Å². The number of carbonyl (C=O) groups is 2. The fourth-order valence-corrected chi connectivity index (χ4v) is 7.15. The molecule has 6 atom stereocenters. The summed E-state index contributed by atoms with van der Waals surface area (Å²) in [6, 6.07) is 0. The zero-order valence-corrected chi connectivity index (χ0v) is 14.8. The summed E-state index contributed by atoms with van der Waals surface area (Å²) < 4.78 is 12.1. The molecule has 5 aliphatic rings. The predicted octanol–water partition coefficient (Wildman–Crippen LogP) is 2.84. The van der Waals surface area contributed by atoms with E-state index in [1.54, 1.807) is 6.08 Å². The number of aldehydes is 1. The SMILES string of the molecule is CC1(C)CCCC2(C)C1CCC13OC21C(=O)C=C(C=O)C3C1CO1. The third kappa shape index (κ3) is 1.45. The third-order valence-electron chi connectivity index (χ3n) is 8.10. The highest BCUT2D eigenvalue weighted by Gasteiger charge is 2.88. The third-order valence-corrected chi connectivity index (χ3v) is 8.10. The first-order valence-corrected chi connectivity index (χ1v) is 9.35. The molecule has 0 N–H and O–H groups in total. The first-order valence-electron chi connectivity index (χ1n) is 9.35. The van der Waals surface area contributed by atoms with E-state index in [0.717, 1.165) is 32.0 Å². The number of ether oxygens (including phenoxy) is 2. The number of fused-ring (bicyclic) bond motifs is 1. The van der Waals surface area contributed by atoms with Crippen molar-refractivity contribution in [3.63, 3.8) is 0 Å². The number of hydrogen-bond donors (Lipinski definition) is 0. The molecule has 4 nitrogen and oxygen atoms in total. The maximum Gasteiger partial charge on any atom is 0.191 e. The van der Waals surface area contributed by atoms with Crippen LogP contribution in [0.15, 0.2) is 11.6 Å². The maximum absolute atomic E-state index is 13.2. The summed E-state index contributed by atoms with van der Waals surface area (Å²) in [5.74, 6) is 0.465. The van der Waals surface area contributed by atoms with Crippen LogP contribution in [-0.4, -0.2) is 36.0 Å². The lowest BCUT2D eigenvalue weighted by molar-refractivity contribution is -0.136. The summed E-state index contributed by atoms with van der Waals surface area (Å²) in [6.07, 6.45) is 7.83. The van der Waals surface area contributed by atoms with Crippen molar-refractivity contribution in [2.75, 3.05) is 6.61 Å². The predicted molar refractivity (Wildman–Crippen MR) is 87.4 cm³/mol. The minimum absolute atomic E-state index is 0.0337. The van der Waals surface area contributed by atoms with Crippen LogP contribution in [-0.2, 0) is 19.1 Å². The molecule has 2 saturated carbocycles. The molecule has 5 rings (SSSR count). The first-order chi connectivity index (χ1) is 11.3. The summed E-state index contributed by atoms with van der Waals surface area (Å²) >= 11 is 0. The Morgan fingerprint density at radius 3 is 2.62 bits per heavy atom. The van der Waals surface area contributed by atoms with Gasteiger partial charge in [-0.1, -0.05) is 27.2 Å². The molecule has 4 heteroatoms. The second-order valence-electron chi connectivity index (χ2n) is 9.50. The normalized spacial score (nSPS) is 54.0. The Morgan fingerprint density at radius 1 is 1.21 bits per heavy atom. The fourth-order valence-electron chi connectivity index (χ4n) is 7.15. The Labute approximate surface area is 143 Å². The van der Waals surface area contributed by atoms with Crippen molar-refractivity contribution >= 4 is 12.1 Å². The van der Waals surface area contributed by atoms with Gasteiger partial charge < -0.3 is 9.47 Å². The van der Waals surface area contributed by atoms with Crippen molar-refractivity contribution < 1.29 is 19.1 Å². The van der Waals surface area contributed by atoms with Gasteiger partial charge in [-0.05, 0) is 43.1 Å². The fraction of sp³-hybridized carbons (Fsp3) is 0.800. The average Bonchev–Trinajstić information content (AvgIpc) is 3.39. The van der Waals surface area contributed by atoms with E-state index in [0.29, 0.717) is 18.1 Å². The Kier molecular flexibility index (Phi) is 2.68. The van der Waals surface area contributed by atoms with Gasteiger partial charge in [-0.3, -0.25) is 9.59 Å². The van der Waals surface area contributed by atoms with Crippen molar-refractivity contribution in [2.24, 2.45) is 22.7 Å². The Balaban J connectivity index is 1.67. The van der Waals surface area contributed by atoms with Crippen molar-refractivity contribution in [2.45, 2.75) is 70.2 Å². The first kappa shape index (κ1) is 15.3. The van der Waals surface area contributed by atoms with Crippen LogP contribution in [0.2, 0.25) is 0 Å². The largest absolute Gasteiger partial charge is 0.372 e. The van der Waals surface area contributed by atoms with Gasteiger partial charge >= 0.3 is 0 Å². The van der Waals surface area contributed by atoms with E-state index in [2.05, 4.69) is 20.8 Å². The second-order valence-corrected chi connectivity index (χ2v) is 9.50. The van der Waals surface area contributed by atoms with E-state index < -0.39 is 11.2 Å². The summed E-state index contributed by atoms with van der Waals surface area (Å²) in [6.45, 7) is 7.66. The van der Waals surface area contributed by atoms with Gasteiger partial charge in [0.2, 0.25) is 0 Å². The second kappa shape index (κ2) is 4.21. The van der Waals surface area contributed by atoms with Crippen molar-refractivity contribution in [3.8, 4) is 0 Å². The summed E-state index contributed by atoms with van der Waals surface area (Å²) in [4.78, 5) is 24.8. The number of epoxide rings is 2. The number of rotatable bonds is 2. The highest BCUT2D eigenvalue weighted by Crippen LogP contribution is 2.77. The molecular weight excluding hydrogens is 304 g/mol. The molecule has 0 amide bonds. The lowest BCUT2D eigenvalue weighted by atomic mass is 9.43. The van der Waals surface area contributed by atoms with Gasteiger partial charge in [0.05, 0.1) is 12.7 Å². The lowest BCUT2D eigenvalue weighted by Crippen LogP contribution is -2.62. The van der Waals surface area contributed by atoms with E-state index in [9.17, 15) is 9.59 Å². The van der Waals surface area contributed by atoms with Crippen LogP contribution >= 0.6 is 0 Å². The smallest absolute Gasteiger partial charge is 0.191 e. The van der Waals surface area contributed by atoms with Gasteiger partial charge in [0.25, 0.3) is 0 Å². The molecule has 0 spiro atoms. The van der Waals surface area contributed by atoms with Crippen molar-refractivity contribution in [1.29, 1.82) is 0 Å². The zero-order chi connectivity index (χ0) is 17.0. The Morgan fingerprint density at radius 2 is 1.96 bits per heavy atom. The topological polar surface area (TPSA) is 59.2 Å². The van der Waals surface area contributed by atoms with Gasteiger partial charge in [-0.15, -0.1) is 0 Å². The lowest BCUT2D eigenvalue weighted by Gasteiger charge is -2.57. The summed E-state index contributed by atoms with van der Waals surface area (Å²) in [5, 5.41) is 0. The Hall–Kier alpha value is -1.00. The molecule has 6 unspecified atom stereocenters. The molecule has 2 heterocycles. The maximum atomic E-state index is 13.2. The standard InChI is InChI=1S/C20H26O4/c1-17(2)6-4-7-18(3)14(17)5-8-19-16(13-11-23-13)12(10-21)9-15(22)20(18,19)24-19/h9-10,13-14,16H,4-8,11H2,1-3H3. The molecule has 0 radical (unpaired) electrons. The van der Waals surface area contributed by atoms with Crippen LogP contribution in [0.5, 0.6) is 0 Å². The molecule has 0 bridgehead atoms. The van der Waals surface area contributed by atoms with E-state index in [-0.39, 0.29) is 28.6 Å². The highest BCUT2D eigenvalue weighted by molar-refractivity contribution is 6.07. The highest BCUT2D eigenvalue weighted by atomic mass is 16.6. The molecular formula is C20H26O4. The molecule has 130 valence electrons. The van der Waals surface area contributed by atoms with Gasteiger partial charge in [0.1, 0.15) is 11.9 Å². The van der Waals surface area contributed by atoms with E-state index in [1.165, 1.54) is 6.42 Å². The monoisotopic (exact) mass is 330 g/mol. The van der Waals surface area contributed by atoms with Crippen molar-refractivity contribution in [3.05, 3.63) is 11.6 Å². The Bertz CT molecular complexity index is 675. The summed E-state index contributed by atoms with van der Waals surface area (Å²) in [7, 11) is 0. The number of hydrogen-bond acceptors (Lipinski definition) is 4. The molecule has 2 saturated heterocycles. The minimum atomic E-state index is -0.719. The van der Waals surface area contributed by atoms with E-state index in [1.807, 2.05) is 0 Å².